The highest BCUT2D eigenvalue weighted by Gasteiger charge is 2.12. The van der Waals surface area contributed by atoms with Gasteiger partial charge in [-0.2, -0.15) is 0 Å². The molecule has 0 atom stereocenters. The Labute approximate surface area is 97.2 Å². The van der Waals surface area contributed by atoms with E-state index in [1.54, 1.807) is 12.1 Å². The highest BCUT2D eigenvalue weighted by atomic mass is 79.9. The topological polar surface area (TPSA) is 52.1 Å². The normalized spacial score (nSPS) is 11.1. The fourth-order valence-electron chi connectivity index (χ4n) is 1.33. The molecule has 0 spiro atoms. The summed E-state index contributed by atoms with van der Waals surface area (Å²) >= 11 is 3.17. The summed E-state index contributed by atoms with van der Waals surface area (Å²) in [5.74, 6) is 0.289. The molecule has 6 heteroatoms. The van der Waals surface area contributed by atoms with Gasteiger partial charge in [-0.3, -0.25) is 0 Å². The van der Waals surface area contributed by atoms with Gasteiger partial charge in [0.25, 0.3) is 5.89 Å². The first-order valence-electron chi connectivity index (χ1n) is 4.40. The molecule has 3 heterocycles. The number of pyridine rings is 1. The number of furan rings is 1. The zero-order valence-corrected chi connectivity index (χ0v) is 9.36. The highest BCUT2D eigenvalue weighted by Crippen LogP contribution is 2.26. The summed E-state index contributed by atoms with van der Waals surface area (Å²) in [7, 11) is 0. The third-order valence-corrected chi connectivity index (χ3v) is 2.42. The molecule has 0 aliphatic carbocycles. The average Bonchev–Trinajstić information content (AvgIpc) is 2.83. The molecule has 0 amide bonds. The molecule has 0 saturated heterocycles. The molecule has 16 heavy (non-hydrogen) atoms. The predicted molar refractivity (Wildman–Crippen MR) is 57.2 cm³/mol. The predicted octanol–water partition coefficient (Wildman–Crippen LogP) is 3.38. The van der Waals surface area contributed by atoms with Gasteiger partial charge in [0, 0.05) is 6.07 Å². The lowest BCUT2D eigenvalue weighted by atomic mass is 10.4. The van der Waals surface area contributed by atoms with Gasteiger partial charge in [0.15, 0.2) is 10.4 Å². The quantitative estimate of drug-likeness (QED) is 0.687. The number of halogens is 2. The Morgan fingerprint density at radius 2 is 2.12 bits per heavy atom. The average molecular weight is 283 g/mol. The number of fused-ring (bicyclic) bond motifs is 1. The van der Waals surface area contributed by atoms with Gasteiger partial charge in [0.05, 0.1) is 6.20 Å². The van der Waals surface area contributed by atoms with Gasteiger partial charge >= 0.3 is 0 Å². The Morgan fingerprint density at radius 3 is 2.88 bits per heavy atom. The molecule has 3 aromatic heterocycles. The fraction of sp³-hybridized carbons (Fsp3) is 0. The molecular formula is C10H4BrFN2O2. The summed E-state index contributed by atoms with van der Waals surface area (Å²) < 4.78 is 24.0. The molecular weight excluding hydrogens is 279 g/mol. The van der Waals surface area contributed by atoms with Crippen LogP contribution in [0.25, 0.3) is 22.9 Å². The molecule has 0 aromatic carbocycles. The summed E-state index contributed by atoms with van der Waals surface area (Å²) in [6.45, 7) is 0. The van der Waals surface area contributed by atoms with Crippen LogP contribution in [0.1, 0.15) is 0 Å². The summed E-state index contributed by atoms with van der Waals surface area (Å²) in [5.41, 5.74) is 0.645. The number of aromatic nitrogens is 2. The molecule has 3 aromatic rings. The molecule has 3 rings (SSSR count). The van der Waals surface area contributed by atoms with E-state index >= 15 is 0 Å². The van der Waals surface area contributed by atoms with Gasteiger partial charge in [-0.05, 0) is 28.1 Å². The molecule has 0 aliphatic heterocycles. The minimum Gasteiger partial charge on any atom is -0.444 e. The van der Waals surface area contributed by atoms with E-state index in [9.17, 15) is 4.39 Å². The first-order chi connectivity index (χ1) is 7.72. The number of hydrogen-bond acceptors (Lipinski definition) is 4. The Morgan fingerprint density at radius 1 is 1.25 bits per heavy atom. The van der Waals surface area contributed by atoms with Crippen molar-refractivity contribution in [1.29, 1.82) is 0 Å². The fourth-order valence-corrected chi connectivity index (χ4v) is 1.64. The van der Waals surface area contributed by atoms with Crippen LogP contribution in [0.2, 0.25) is 0 Å². The zero-order valence-electron chi connectivity index (χ0n) is 7.78. The summed E-state index contributed by atoms with van der Waals surface area (Å²) in [4.78, 5) is 7.85. The molecule has 0 fully saturated rings. The second-order valence-electron chi connectivity index (χ2n) is 3.10. The molecule has 0 N–H and O–H groups in total. The first-order valence-corrected chi connectivity index (χ1v) is 5.19. The van der Waals surface area contributed by atoms with Crippen LogP contribution in [-0.4, -0.2) is 9.97 Å². The van der Waals surface area contributed by atoms with Crippen LogP contribution in [0.3, 0.4) is 0 Å². The number of nitrogens with zero attached hydrogens (tertiary/aromatic N) is 2. The molecule has 0 unspecified atom stereocenters. The summed E-state index contributed by atoms with van der Waals surface area (Å²) in [6.07, 6.45) is 1.08. The maximum atomic E-state index is 12.9. The van der Waals surface area contributed by atoms with Crippen molar-refractivity contribution in [3.63, 3.8) is 0 Å². The van der Waals surface area contributed by atoms with Crippen LogP contribution >= 0.6 is 15.9 Å². The molecule has 0 radical (unpaired) electrons. The van der Waals surface area contributed by atoms with Crippen molar-refractivity contribution in [2.24, 2.45) is 0 Å². The lowest BCUT2D eigenvalue weighted by Crippen LogP contribution is -1.77. The maximum Gasteiger partial charge on any atom is 0.265 e. The van der Waals surface area contributed by atoms with E-state index in [0.29, 0.717) is 15.9 Å². The van der Waals surface area contributed by atoms with Crippen molar-refractivity contribution in [1.82, 2.24) is 9.97 Å². The molecule has 4 nitrogen and oxygen atoms in total. The van der Waals surface area contributed by atoms with E-state index < -0.39 is 5.82 Å². The van der Waals surface area contributed by atoms with Gasteiger partial charge < -0.3 is 8.83 Å². The smallest absolute Gasteiger partial charge is 0.265 e. The van der Waals surface area contributed by atoms with E-state index in [4.69, 9.17) is 8.83 Å². The van der Waals surface area contributed by atoms with Crippen LogP contribution in [-0.2, 0) is 0 Å². The summed E-state index contributed by atoms with van der Waals surface area (Å²) in [5, 5.41) is 0. The van der Waals surface area contributed by atoms with Gasteiger partial charge in [-0.25, -0.2) is 14.4 Å². The van der Waals surface area contributed by atoms with Gasteiger partial charge in [-0.1, -0.05) is 0 Å². The Bertz CT molecular complexity index is 662. The maximum absolute atomic E-state index is 12.9. The van der Waals surface area contributed by atoms with Crippen molar-refractivity contribution in [3.05, 3.63) is 34.9 Å². The summed E-state index contributed by atoms with van der Waals surface area (Å²) in [6, 6.07) is 4.68. The Kier molecular flexibility index (Phi) is 2.03. The van der Waals surface area contributed by atoms with E-state index in [1.165, 1.54) is 6.07 Å². The van der Waals surface area contributed by atoms with Crippen molar-refractivity contribution in [3.8, 4) is 11.7 Å². The number of rotatable bonds is 1. The second kappa shape index (κ2) is 3.41. The first kappa shape index (κ1) is 9.53. The lowest BCUT2D eigenvalue weighted by molar-refractivity contribution is 0.515. The van der Waals surface area contributed by atoms with E-state index in [-0.39, 0.29) is 11.6 Å². The minimum atomic E-state index is -0.451. The minimum absolute atomic E-state index is 0.277. The van der Waals surface area contributed by atoms with Gasteiger partial charge in [-0.15, -0.1) is 0 Å². The highest BCUT2D eigenvalue weighted by molar-refractivity contribution is 9.10. The van der Waals surface area contributed by atoms with Crippen molar-refractivity contribution in [2.75, 3.05) is 0 Å². The SMILES string of the molecule is Fc1cnc2oc(-c3ccc(Br)o3)nc2c1. The van der Waals surface area contributed by atoms with Crippen LogP contribution < -0.4 is 0 Å². The van der Waals surface area contributed by atoms with Crippen molar-refractivity contribution >= 4 is 27.2 Å². The number of hydrogen-bond donors (Lipinski definition) is 0. The van der Waals surface area contributed by atoms with E-state index in [2.05, 4.69) is 25.9 Å². The number of oxazole rings is 1. The lowest BCUT2D eigenvalue weighted by Gasteiger charge is -1.85. The second-order valence-corrected chi connectivity index (χ2v) is 3.88. The molecule has 0 bridgehead atoms. The van der Waals surface area contributed by atoms with Crippen LogP contribution in [0.5, 0.6) is 0 Å². The largest absolute Gasteiger partial charge is 0.444 e. The zero-order chi connectivity index (χ0) is 11.1. The standard InChI is InChI=1S/C10H4BrFN2O2/c11-8-2-1-7(15-8)10-14-6-3-5(12)4-13-9(6)16-10/h1-4H. The molecule has 0 saturated carbocycles. The van der Waals surface area contributed by atoms with Crippen molar-refractivity contribution in [2.45, 2.75) is 0 Å². The monoisotopic (exact) mass is 282 g/mol. The van der Waals surface area contributed by atoms with Crippen LogP contribution in [0.15, 0.2) is 37.9 Å². The third kappa shape index (κ3) is 1.51. The molecule has 80 valence electrons. The Hall–Kier alpha value is -1.69. The molecule has 0 aliphatic rings. The Balaban J connectivity index is 2.18. The van der Waals surface area contributed by atoms with Gasteiger partial charge in [0.2, 0.25) is 5.71 Å². The van der Waals surface area contributed by atoms with Crippen LogP contribution in [0.4, 0.5) is 4.39 Å². The van der Waals surface area contributed by atoms with Crippen LogP contribution in [0, 0.1) is 5.82 Å². The van der Waals surface area contributed by atoms with Gasteiger partial charge in [0.1, 0.15) is 11.3 Å². The van der Waals surface area contributed by atoms with E-state index in [1.807, 2.05) is 0 Å². The van der Waals surface area contributed by atoms with E-state index in [0.717, 1.165) is 6.20 Å². The van der Waals surface area contributed by atoms with Crippen molar-refractivity contribution < 1.29 is 13.2 Å². The third-order valence-electron chi connectivity index (χ3n) is 2.00.